The molecule has 0 aliphatic heterocycles. The summed E-state index contributed by atoms with van der Waals surface area (Å²) in [6.45, 7) is 0. The van der Waals surface area contributed by atoms with Gasteiger partial charge >= 0.3 is 5.97 Å². The fraction of sp³-hybridized carbons (Fsp3) is 0.615. The summed E-state index contributed by atoms with van der Waals surface area (Å²) in [4.78, 5) is 15.1. The highest BCUT2D eigenvalue weighted by Gasteiger charge is 2.30. The van der Waals surface area contributed by atoms with Crippen molar-refractivity contribution in [2.24, 2.45) is 5.92 Å². The Labute approximate surface area is 105 Å². The highest BCUT2D eigenvalue weighted by Crippen LogP contribution is 2.39. The fourth-order valence-corrected chi connectivity index (χ4v) is 2.39. The van der Waals surface area contributed by atoms with Crippen LogP contribution in [0.2, 0.25) is 0 Å². The molecular formula is C13H16N2O3. The zero-order valence-corrected chi connectivity index (χ0v) is 10.1. The number of carboxylic acids is 1. The molecule has 1 N–H and O–H groups in total. The Morgan fingerprint density at radius 1 is 1.44 bits per heavy atom. The van der Waals surface area contributed by atoms with Crippen molar-refractivity contribution in [1.82, 2.24) is 10.1 Å². The number of allylic oxidation sites excluding steroid dienone is 2. The van der Waals surface area contributed by atoms with Gasteiger partial charge in [0.1, 0.15) is 0 Å². The van der Waals surface area contributed by atoms with Crippen molar-refractivity contribution in [3.05, 3.63) is 17.8 Å². The number of hydrogen-bond acceptors (Lipinski definition) is 4. The van der Waals surface area contributed by atoms with E-state index in [-0.39, 0.29) is 12.3 Å². The van der Waals surface area contributed by atoms with Crippen LogP contribution in [0.25, 0.3) is 5.57 Å². The van der Waals surface area contributed by atoms with Crippen LogP contribution in [-0.2, 0) is 4.79 Å². The maximum absolute atomic E-state index is 10.6. The number of nitrogens with zero attached hydrogens (tertiary/aromatic N) is 2. The molecule has 18 heavy (non-hydrogen) atoms. The average Bonchev–Trinajstić information content (AvgIpc) is 3.08. The van der Waals surface area contributed by atoms with Crippen LogP contribution in [0.1, 0.15) is 56.2 Å². The zero-order valence-electron chi connectivity index (χ0n) is 10.1. The number of hydrogen-bond donors (Lipinski definition) is 1. The lowest BCUT2D eigenvalue weighted by Crippen LogP contribution is -2.11. The number of aromatic nitrogens is 2. The second-order valence-corrected chi connectivity index (χ2v) is 5.20. The van der Waals surface area contributed by atoms with Crippen LogP contribution in [0, 0.1) is 5.92 Å². The normalized spacial score (nSPS) is 23.8. The number of carbonyl (C=O) groups is 1. The molecule has 1 heterocycles. The highest BCUT2D eigenvalue weighted by molar-refractivity contribution is 5.67. The Morgan fingerprint density at radius 2 is 2.28 bits per heavy atom. The summed E-state index contributed by atoms with van der Waals surface area (Å²) in [5.41, 5.74) is 1.10. The van der Waals surface area contributed by atoms with Crippen molar-refractivity contribution in [2.45, 2.75) is 44.4 Å². The summed E-state index contributed by atoms with van der Waals surface area (Å²) in [5, 5.41) is 12.8. The molecule has 1 aromatic rings. The smallest absolute Gasteiger partial charge is 0.303 e. The zero-order chi connectivity index (χ0) is 12.5. The van der Waals surface area contributed by atoms with E-state index in [1.165, 1.54) is 0 Å². The van der Waals surface area contributed by atoms with Crippen LogP contribution in [0.15, 0.2) is 10.6 Å². The molecule has 0 amide bonds. The molecule has 96 valence electrons. The lowest BCUT2D eigenvalue weighted by molar-refractivity contribution is -0.138. The maximum atomic E-state index is 10.6. The summed E-state index contributed by atoms with van der Waals surface area (Å²) < 4.78 is 5.24. The lowest BCUT2D eigenvalue weighted by atomic mass is 9.87. The molecule has 0 bridgehead atoms. The summed E-state index contributed by atoms with van der Waals surface area (Å²) in [6, 6.07) is 0. The molecule has 0 unspecified atom stereocenters. The van der Waals surface area contributed by atoms with Gasteiger partial charge in [-0.3, -0.25) is 4.79 Å². The molecule has 0 saturated heterocycles. The van der Waals surface area contributed by atoms with Gasteiger partial charge in [-0.1, -0.05) is 11.2 Å². The van der Waals surface area contributed by atoms with E-state index in [2.05, 4.69) is 16.2 Å². The lowest BCUT2D eigenvalue weighted by Gasteiger charge is -2.18. The standard InChI is InChI=1S/C13H16N2O3/c16-11(17)7-8-1-3-9(4-2-8)12-14-13(18-15-12)10-5-6-10/h3,8,10H,1-2,4-7H2,(H,16,17)/t8-/m1/s1. The Hall–Kier alpha value is -1.65. The van der Waals surface area contributed by atoms with E-state index in [4.69, 9.17) is 9.63 Å². The van der Waals surface area contributed by atoms with Crippen LogP contribution in [-0.4, -0.2) is 21.2 Å². The molecule has 1 saturated carbocycles. The Kier molecular flexibility index (Phi) is 2.89. The Balaban J connectivity index is 1.65. The van der Waals surface area contributed by atoms with Gasteiger partial charge in [-0.25, -0.2) is 0 Å². The van der Waals surface area contributed by atoms with Crippen molar-refractivity contribution in [3.63, 3.8) is 0 Å². The Bertz CT molecular complexity index is 488. The predicted octanol–water partition coefficient (Wildman–Crippen LogP) is 2.61. The molecular weight excluding hydrogens is 232 g/mol. The molecule has 1 fully saturated rings. The third-order valence-electron chi connectivity index (χ3n) is 3.64. The minimum absolute atomic E-state index is 0.251. The topological polar surface area (TPSA) is 76.2 Å². The van der Waals surface area contributed by atoms with Gasteiger partial charge in [-0.15, -0.1) is 0 Å². The van der Waals surface area contributed by atoms with Crippen LogP contribution in [0.5, 0.6) is 0 Å². The molecule has 5 nitrogen and oxygen atoms in total. The van der Waals surface area contributed by atoms with Gasteiger partial charge in [-0.05, 0) is 43.6 Å². The molecule has 0 aromatic carbocycles. The monoisotopic (exact) mass is 248 g/mol. The third kappa shape index (κ3) is 2.44. The van der Waals surface area contributed by atoms with Crippen molar-refractivity contribution in [2.75, 3.05) is 0 Å². The summed E-state index contributed by atoms with van der Waals surface area (Å²) >= 11 is 0. The SMILES string of the molecule is O=C(O)C[C@@H]1CC=C(c2noc(C3CC3)n2)CC1. The maximum Gasteiger partial charge on any atom is 0.303 e. The molecule has 2 aliphatic carbocycles. The van der Waals surface area contributed by atoms with Gasteiger partial charge in [-0.2, -0.15) is 4.98 Å². The van der Waals surface area contributed by atoms with Crippen LogP contribution >= 0.6 is 0 Å². The highest BCUT2D eigenvalue weighted by atomic mass is 16.5. The quantitative estimate of drug-likeness (QED) is 0.886. The summed E-state index contributed by atoms with van der Waals surface area (Å²) in [6.07, 6.45) is 7.17. The average molecular weight is 248 g/mol. The first-order valence-corrected chi connectivity index (χ1v) is 6.47. The van der Waals surface area contributed by atoms with E-state index >= 15 is 0 Å². The number of carboxylic acid groups (broad SMARTS) is 1. The van der Waals surface area contributed by atoms with Gasteiger partial charge in [0.15, 0.2) is 5.82 Å². The van der Waals surface area contributed by atoms with Gasteiger partial charge < -0.3 is 9.63 Å². The van der Waals surface area contributed by atoms with Crippen molar-refractivity contribution < 1.29 is 14.4 Å². The molecule has 3 rings (SSSR count). The first kappa shape index (κ1) is 11.4. The molecule has 0 spiro atoms. The van der Waals surface area contributed by atoms with Gasteiger partial charge in [0.25, 0.3) is 0 Å². The second-order valence-electron chi connectivity index (χ2n) is 5.20. The minimum atomic E-state index is -0.715. The first-order chi connectivity index (χ1) is 8.72. The minimum Gasteiger partial charge on any atom is -0.481 e. The van der Waals surface area contributed by atoms with Crippen molar-refractivity contribution >= 4 is 11.5 Å². The van der Waals surface area contributed by atoms with Crippen molar-refractivity contribution in [3.8, 4) is 0 Å². The molecule has 1 aromatic heterocycles. The largest absolute Gasteiger partial charge is 0.481 e. The van der Waals surface area contributed by atoms with Gasteiger partial charge in [0.05, 0.1) is 0 Å². The molecule has 5 heteroatoms. The van der Waals surface area contributed by atoms with E-state index < -0.39 is 5.97 Å². The van der Waals surface area contributed by atoms with Gasteiger partial charge in [0.2, 0.25) is 5.89 Å². The van der Waals surface area contributed by atoms with E-state index in [0.717, 1.165) is 43.6 Å². The van der Waals surface area contributed by atoms with E-state index in [1.807, 2.05) is 0 Å². The van der Waals surface area contributed by atoms with E-state index in [0.29, 0.717) is 11.7 Å². The Morgan fingerprint density at radius 3 is 2.89 bits per heavy atom. The molecule has 0 radical (unpaired) electrons. The number of aliphatic carboxylic acids is 1. The van der Waals surface area contributed by atoms with Gasteiger partial charge in [0, 0.05) is 12.3 Å². The van der Waals surface area contributed by atoms with E-state index in [9.17, 15) is 4.79 Å². The fourth-order valence-electron chi connectivity index (χ4n) is 2.39. The van der Waals surface area contributed by atoms with Crippen LogP contribution < -0.4 is 0 Å². The number of rotatable bonds is 4. The predicted molar refractivity (Wildman–Crippen MR) is 63.8 cm³/mol. The molecule has 1 atom stereocenters. The summed E-state index contributed by atoms with van der Waals surface area (Å²) in [7, 11) is 0. The van der Waals surface area contributed by atoms with Crippen LogP contribution in [0.3, 0.4) is 0 Å². The molecule has 2 aliphatic rings. The van der Waals surface area contributed by atoms with Crippen molar-refractivity contribution in [1.29, 1.82) is 0 Å². The third-order valence-corrected chi connectivity index (χ3v) is 3.64. The summed E-state index contributed by atoms with van der Waals surface area (Å²) in [5.74, 6) is 1.48. The second kappa shape index (κ2) is 4.55. The first-order valence-electron chi connectivity index (χ1n) is 6.47. The van der Waals surface area contributed by atoms with Crippen LogP contribution in [0.4, 0.5) is 0 Å². The van der Waals surface area contributed by atoms with E-state index in [1.54, 1.807) is 0 Å².